The van der Waals surface area contributed by atoms with Gasteiger partial charge in [-0.05, 0) is 84.7 Å². The Hall–Kier alpha value is -8.67. The highest BCUT2D eigenvalue weighted by atomic mass is 79.9. The lowest BCUT2D eigenvalue weighted by molar-refractivity contribution is -0.141. The van der Waals surface area contributed by atoms with E-state index in [1.807, 2.05) is 13.8 Å². The van der Waals surface area contributed by atoms with E-state index in [0.717, 1.165) is 4.47 Å². The van der Waals surface area contributed by atoms with Crippen LogP contribution in [0.5, 0.6) is 5.75 Å². The van der Waals surface area contributed by atoms with E-state index >= 15 is 0 Å². The Balaban J connectivity index is 1.03. The van der Waals surface area contributed by atoms with Crippen LogP contribution >= 0.6 is 15.9 Å². The molecule has 1 saturated heterocycles. The second-order valence-electron chi connectivity index (χ2n) is 21.3. The van der Waals surface area contributed by atoms with Crippen LogP contribution in [0.15, 0.2) is 94.8 Å². The number of carbonyl (C=O) groups excluding carboxylic acids is 9. The van der Waals surface area contributed by atoms with Crippen molar-refractivity contribution in [3.63, 3.8) is 0 Å². The van der Waals surface area contributed by atoms with Crippen LogP contribution in [-0.4, -0.2) is 157 Å². The number of aromatic hydroxyl groups is 1. The summed E-state index contributed by atoms with van der Waals surface area (Å²) in [5, 5.41) is 31.8. The topological polar surface area (TPSA) is 443 Å². The minimum Gasteiger partial charge on any atom is -0.508 e. The van der Waals surface area contributed by atoms with Crippen molar-refractivity contribution >= 4 is 80.8 Å². The van der Waals surface area contributed by atoms with Crippen molar-refractivity contribution in [2.45, 2.75) is 120 Å². The molecule has 7 atom stereocenters. The van der Waals surface area contributed by atoms with E-state index in [0.29, 0.717) is 34.5 Å². The van der Waals surface area contributed by atoms with Gasteiger partial charge in [0.2, 0.25) is 47.3 Å². The van der Waals surface area contributed by atoms with E-state index in [2.05, 4.69) is 73.4 Å². The number of hydrogen-bond donors (Lipinski definition) is 14. The summed E-state index contributed by atoms with van der Waals surface area (Å²) in [6.45, 7) is 4.86. The van der Waals surface area contributed by atoms with Gasteiger partial charge in [0.15, 0.2) is 5.96 Å². The zero-order valence-corrected chi connectivity index (χ0v) is 50.9. The molecule has 28 nitrogen and oxygen atoms in total. The van der Waals surface area contributed by atoms with Gasteiger partial charge < -0.3 is 89.8 Å². The van der Waals surface area contributed by atoms with Gasteiger partial charge in [-0.25, -0.2) is 9.78 Å². The number of amides is 8. The third kappa shape index (κ3) is 26.1. The number of aromatic amines is 1. The largest absolute Gasteiger partial charge is 0.508 e. The highest BCUT2D eigenvalue weighted by Crippen LogP contribution is 2.23. The van der Waals surface area contributed by atoms with Gasteiger partial charge in [-0.2, -0.15) is 0 Å². The SMILES string of the molecule is CC(C)C[C@H](NC(=O)[C@@H](N)Cc1ccc(O)cc1)C(=O)NC(CC(=O)N[C@@H](Cc1cnc[nH]1)C(=O)NCCOCCOCCNC(=O)CCC(=O)NC(CC(=O)N[C@@H](CCCN=C(N)N)C(=O)N[C@H]1CCOC1=O)c1ccc(Br)cc1)c1ccc(N)cc1. The number of esters is 1. The van der Waals surface area contributed by atoms with Crippen LogP contribution in [0, 0.1) is 5.92 Å². The maximum absolute atomic E-state index is 14.0. The Kier molecular flexibility index (Phi) is 29.6. The molecule has 1 fully saturated rings. The van der Waals surface area contributed by atoms with Crippen LogP contribution in [0.4, 0.5) is 5.69 Å². The molecule has 1 aromatic heterocycles. The third-order valence-electron chi connectivity index (χ3n) is 13.7. The van der Waals surface area contributed by atoms with Crippen LogP contribution in [0.3, 0.4) is 0 Å². The van der Waals surface area contributed by atoms with Gasteiger partial charge in [0.25, 0.3) is 0 Å². The molecule has 4 aromatic rings. The van der Waals surface area contributed by atoms with E-state index in [-0.39, 0.29) is 128 Å². The molecule has 478 valence electrons. The predicted molar refractivity (Wildman–Crippen MR) is 328 cm³/mol. The number of imidazole rings is 1. The summed E-state index contributed by atoms with van der Waals surface area (Å²) in [6.07, 6.45) is 3.25. The average molecular weight is 1290 g/mol. The summed E-state index contributed by atoms with van der Waals surface area (Å²) >= 11 is 3.39. The number of aromatic nitrogens is 2. The first kappa shape index (κ1) is 70.1. The molecular formula is C59H82BrN15O13. The van der Waals surface area contributed by atoms with Crippen LogP contribution in [0.25, 0.3) is 0 Å². The number of nitrogens with two attached hydrogens (primary N) is 4. The lowest BCUT2D eigenvalue weighted by atomic mass is 9.98. The van der Waals surface area contributed by atoms with Crippen molar-refractivity contribution in [3.8, 4) is 5.75 Å². The van der Waals surface area contributed by atoms with E-state index < -0.39 is 95.5 Å². The van der Waals surface area contributed by atoms with Crippen LogP contribution < -0.4 is 65.5 Å². The quantitative estimate of drug-likeness (QED) is 0.00930. The number of benzene rings is 3. The molecule has 8 amide bonds. The number of guanidine groups is 1. The molecule has 0 radical (unpaired) electrons. The van der Waals surface area contributed by atoms with Gasteiger partial charge in [0.1, 0.15) is 29.9 Å². The molecule has 18 N–H and O–H groups in total. The van der Waals surface area contributed by atoms with Crippen molar-refractivity contribution in [2.24, 2.45) is 28.1 Å². The highest BCUT2D eigenvalue weighted by Gasteiger charge is 2.33. The molecule has 29 heteroatoms. The number of cyclic esters (lactones) is 1. The van der Waals surface area contributed by atoms with Crippen molar-refractivity contribution in [2.75, 3.05) is 58.4 Å². The lowest BCUT2D eigenvalue weighted by Gasteiger charge is -2.26. The number of carbonyl (C=O) groups is 9. The number of anilines is 1. The molecule has 2 heterocycles. The second kappa shape index (κ2) is 37.1. The Morgan fingerprint density at radius 2 is 1.33 bits per heavy atom. The fourth-order valence-electron chi connectivity index (χ4n) is 9.07. The second-order valence-corrected chi connectivity index (χ2v) is 22.2. The average Bonchev–Trinajstić information content (AvgIpc) is 4.40. The number of ether oxygens (including phenoxy) is 3. The predicted octanol–water partition coefficient (Wildman–Crippen LogP) is 0.0993. The number of rotatable bonds is 38. The summed E-state index contributed by atoms with van der Waals surface area (Å²) in [5.41, 5.74) is 26.0. The van der Waals surface area contributed by atoms with Crippen LogP contribution in [0.1, 0.15) is 99.7 Å². The van der Waals surface area contributed by atoms with Crippen LogP contribution in [-0.2, 0) is 70.2 Å². The molecular weight excluding hydrogens is 1210 g/mol. The monoisotopic (exact) mass is 1290 g/mol. The molecule has 0 aliphatic carbocycles. The standard InChI is InChI=1S/C59H82BrN15O13/c1-35(2)28-48(75-54(81)43(62)29-36-5-15-42(76)16-6-36)57(84)74-47(38-9-13-40(61)14-10-38)32-53(80)72-49(30-41-33-65-34-69-41)55(82)67-22-25-87-27-26-86-24-21-66-50(77)17-18-51(78)71-46(37-7-11-39(60)12-8-37)31-52(79)70-44(4-3-20-68-59(63)64)56(83)73-45-19-23-88-58(45)85/h5-16,33-35,43-49,76H,3-4,17-32,61-62H2,1-2H3,(H,65,69)(H,66,77)(H,67,82)(H,70,79)(H,71,78)(H,72,80)(H,73,83)(H,74,84)(H,75,81)(H4,63,64,68)/t43-,44-,45-,46?,47?,48-,49-/m0/s1. The van der Waals surface area contributed by atoms with Crippen LogP contribution in [0.2, 0.25) is 0 Å². The maximum Gasteiger partial charge on any atom is 0.328 e. The van der Waals surface area contributed by atoms with Gasteiger partial charge in [0.05, 0.1) is 70.3 Å². The van der Waals surface area contributed by atoms with E-state index in [9.17, 15) is 48.3 Å². The number of phenols is 1. The fourth-order valence-corrected chi connectivity index (χ4v) is 9.34. The first-order valence-corrected chi connectivity index (χ1v) is 29.7. The van der Waals surface area contributed by atoms with E-state index in [1.54, 1.807) is 60.7 Å². The fraction of sp³-hybridized carbons (Fsp3) is 0.475. The highest BCUT2D eigenvalue weighted by molar-refractivity contribution is 9.10. The molecule has 0 spiro atoms. The smallest absolute Gasteiger partial charge is 0.328 e. The number of hydrogen-bond acceptors (Lipinski definition) is 17. The molecule has 1 aliphatic heterocycles. The molecule has 5 rings (SSSR count). The molecule has 0 saturated carbocycles. The van der Waals surface area contributed by atoms with Gasteiger partial charge in [-0.15, -0.1) is 0 Å². The maximum atomic E-state index is 14.0. The molecule has 3 aromatic carbocycles. The summed E-state index contributed by atoms with van der Waals surface area (Å²) in [4.78, 5) is 130. The number of nitrogens with zero attached hydrogens (tertiary/aromatic N) is 2. The Morgan fingerprint density at radius 1 is 0.716 bits per heavy atom. The Morgan fingerprint density at radius 3 is 1.93 bits per heavy atom. The Bertz CT molecular complexity index is 2930. The van der Waals surface area contributed by atoms with Crippen molar-refractivity contribution < 1.29 is 62.5 Å². The number of aliphatic imine (C=N–C) groups is 1. The van der Waals surface area contributed by atoms with E-state index in [1.165, 1.54) is 24.7 Å². The Labute approximate surface area is 518 Å². The number of nitrogens with one attached hydrogen (secondary N) is 9. The number of nitrogen functional groups attached to an aromatic ring is 1. The zero-order chi connectivity index (χ0) is 64.0. The van der Waals surface area contributed by atoms with Crippen molar-refractivity contribution in [3.05, 3.63) is 112 Å². The van der Waals surface area contributed by atoms with Gasteiger partial charge in [-0.3, -0.25) is 43.3 Å². The van der Waals surface area contributed by atoms with E-state index in [4.69, 9.17) is 37.1 Å². The summed E-state index contributed by atoms with van der Waals surface area (Å²) in [6, 6.07) is 13.1. The molecule has 2 unspecified atom stereocenters. The first-order chi connectivity index (χ1) is 42.1. The van der Waals surface area contributed by atoms with Crippen molar-refractivity contribution in [1.29, 1.82) is 0 Å². The molecule has 1 aliphatic rings. The number of H-pyrrole nitrogens is 1. The normalized spacial score (nSPS) is 14.8. The van der Waals surface area contributed by atoms with Gasteiger partial charge in [-0.1, -0.05) is 66.2 Å². The third-order valence-corrected chi connectivity index (χ3v) is 14.2. The van der Waals surface area contributed by atoms with Gasteiger partial charge in [0, 0.05) is 67.4 Å². The minimum absolute atomic E-state index is 0.0247. The van der Waals surface area contributed by atoms with Gasteiger partial charge >= 0.3 is 5.97 Å². The zero-order valence-electron chi connectivity index (χ0n) is 49.4. The summed E-state index contributed by atoms with van der Waals surface area (Å²) < 4.78 is 16.9. The number of halogens is 1. The summed E-state index contributed by atoms with van der Waals surface area (Å²) in [5.74, 6) is -4.94. The number of phenolic OH excluding ortho intramolecular Hbond substituents is 1. The lowest BCUT2D eigenvalue weighted by Crippen LogP contribution is -2.53. The molecule has 88 heavy (non-hydrogen) atoms. The molecule has 0 bridgehead atoms. The minimum atomic E-state index is -1.08. The first-order valence-electron chi connectivity index (χ1n) is 28.9. The van der Waals surface area contributed by atoms with Crippen molar-refractivity contribution in [1.82, 2.24) is 52.5 Å². The summed E-state index contributed by atoms with van der Waals surface area (Å²) in [7, 11) is 0.